The smallest absolute Gasteiger partial charge is 0.374 e. The van der Waals surface area contributed by atoms with Crippen molar-refractivity contribution >= 4 is 12.1 Å². The molecule has 1 atom stereocenters. The van der Waals surface area contributed by atoms with Gasteiger partial charge in [0.15, 0.2) is 0 Å². The van der Waals surface area contributed by atoms with E-state index in [1.807, 2.05) is 0 Å². The Morgan fingerprint density at radius 1 is 1.36 bits per heavy atom. The topological polar surface area (TPSA) is 55.4 Å². The number of nitrogens with one attached hydrogen (secondary N) is 1. The second-order valence-electron chi connectivity index (χ2n) is 1.83. The summed E-state index contributed by atoms with van der Waals surface area (Å²) in [6.45, 7) is 0. The summed E-state index contributed by atoms with van der Waals surface area (Å²) in [6.07, 6.45) is -6.14. The van der Waals surface area contributed by atoms with Gasteiger partial charge >= 0.3 is 18.2 Å². The van der Waals surface area contributed by atoms with Gasteiger partial charge in [0.25, 0.3) is 0 Å². The van der Waals surface area contributed by atoms with E-state index in [2.05, 4.69) is 4.74 Å². The molecule has 0 saturated carbocycles. The molecule has 1 saturated heterocycles. The highest BCUT2D eigenvalue weighted by atomic mass is 19.4. The van der Waals surface area contributed by atoms with Gasteiger partial charge in [0.2, 0.25) is 6.04 Å². The van der Waals surface area contributed by atoms with Crippen LogP contribution in [0.15, 0.2) is 0 Å². The first kappa shape index (κ1) is 7.83. The Morgan fingerprint density at radius 3 is 2.09 bits per heavy atom. The average Bonchev–Trinajstić information content (AvgIpc) is 2.08. The lowest BCUT2D eigenvalue weighted by molar-refractivity contribution is -0.170. The molecule has 1 unspecified atom stereocenters. The fourth-order valence-electron chi connectivity index (χ4n) is 0.572. The van der Waals surface area contributed by atoms with Gasteiger partial charge in [-0.1, -0.05) is 0 Å². The number of hydrogen-bond donors (Lipinski definition) is 1. The molecule has 0 bridgehead atoms. The lowest BCUT2D eigenvalue weighted by atomic mass is 10.3. The maximum atomic E-state index is 11.7. The molecule has 0 aromatic carbocycles. The Kier molecular flexibility index (Phi) is 1.50. The third-order valence-electron chi connectivity index (χ3n) is 1.02. The second-order valence-corrected chi connectivity index (χ2v) is 1.83. The van der Waals surface area contributed by atoms with Crippen LogP contribution in [0.3, 0.4) is 0 Å². The molecule has 0 spiro atoms. The number of carbonyl (C=O) groups excluding carboxylic acids is 2. The first-order valence-corrected chi connectivity index (χ1v) is 2.50. The van der Waals surface area contributed by atoms with E-state index in [1.54, 1.807) is 0 Å². The Hall–Kier alpha value is -1.27. The van der Waals surface area contributed by atoms with Gasteiger partial charge in [-0.25, -0.2) is 9.59 Å². The molecule has 62 valence electrons. The number of alkyl carbamates (subject to hydrolysis) is 1. The third kappa shape index (κ3) is 1.41. The van der Waals surface area contributed by atoms with Crippen molar-refractivity contribution in [2.75, 3.05) is 0 Å². The van der Waals surface area contributed by atoms with Gasteiger partial charge in [0.05, 0.1) is 0 Å². The zero-order valence-corrected chi connectivity index (χ0v) is 4.94. The van der Waals surface area contributed by atoms with Crippen LogP contribution in [0.1, 0.15) is 0 Å². The van der Waals surface area contributed by atoms with E-state index < -0.39 is 24.3 Å². The van der Waals surface area contributed by atoms with Crippen molar-refractivity contribution in [1.82, 2.24) is 5.32 Å². The van der Waals surface area contributed by atoms with Gasteiger partial charge in [0.1, 0.15) is 0 Å². The molecule has 7 heteroatoms. The summed E-state index contributed by atoms with van der Waals surface area (Å²) in [5.74, 6) is -1.61. The van der Waals surface area contributed by atoms with Crippen molar-refractivity contribution in [2.45, 2.75) is 12.2 Å². The number of esters is 1. The molecule has 1 heterocycles. The van der Waals surface area contributed by atoms with Crippen LogP contribution >= 0.6 is 0 Å². The molecule has 1 aliphatic rings. The van der Waals surface area contributed by atoms with Crippen LogP contribution in [0.4, 0.5) is 18.0 Å². The standard InChI is InChI=1S/C4H2F3NO3/c5-4(6,7)1-2(9)11-3(10)8-1/h1H,(H,8,10). The molecule has 0 aromatic heterocycles. The minimum absolute atomic E-state index is 1.31. The monoisotopic (exact) mass is 169 g/mol. The number of rotatable bonds is 0. The van der Waals surface area contributed by atoms with Crippen molar-refractivity contribution in [3.63, 3.8) is 0 Å². The lowest BCUT2D eigenvalue weighted by Gasteiger charge is -2.08. The Labute approximate surface area is 58.3 Å². The van der Waals surface area contributed by atoms with Gasteiger partial charge in [-0.05, 0) is 0 Å². The fourth-order valence-corrected chi connectivity index (χ4v) is 0.572. The first-order valence-electron chi connectivity index (χ1n) is 2.50. The Balaban J connectivity index is 2.76. The molecule has 1 fully saturated rings. The zero-order chi connectivity index (χ0) is 8.65. The quantitative estimate of drug-likeness (QED) is 0.415. The fraction of sp³-hybridized carbons (Fsp3) is 0.500. The predicted octanol–water partition coefficient (Wildman–Crippen LogP) is 0.184. The van der Waals surface area contributed by atoms with Crippen LogP contribution in [-0.2, 0) is 9.53 Å². The summed E-state index contributed by atoms with van der Waals surface area (Å²) in [6, 6.07) is -2.50. The van der Waals surface area contributed by atoms with Gasteiger partial charge in [-0.3, -0.25) is 5.32 Å². The van der Waals surface area contributed by atoms with Crippen LogP contribution in [-0.4, -0.2) is 24.3 Å². The van der Waals surface area contributed by atoms with Crippen molar-refractivity contribution in [1.29, 1.82) is 0 Å². The molecule has 0 aliphatic carbocycles. The van der Waals surface area contributed by atoms with Gasteiger partial charge < -0.3 is 4.74 Å². The highest BCUT2D eigenvalue weighted by molar-refractivity contribution is 5.95. The number of halogens is 3. The van der Waals surface area contributed by atoms with E-state index in [4.69, 9.17) is 0 Å². The minimum atomic E-state index is -4.77. The molecular formula is C4H2F3NO3. The zero-order valence-electron chi connectivity index (χ0n) is 4.94. The molecular weight excluding hydrogens is 167 g/mol. The molecule has 0 radical (unpaired) electrons. The summed E-state index contributed by atoms with van der Waals surface area (Å²) >= 11 is 0. The number of alkyl halides is 3. The molecule has 0 aromatic rings. The highest BCUT2D eigenvalue weighted by Crippen LogP contribution is 2.23. The van der Waals surface area contributed by atoms with Crippen LogP contribution in [0.5, 0.6) is 0 Å². The van der Waals surface area contributed by atoms with E-state index in [1.165, 1.54) is 5.32 Å². The maximum Gasteiger partial charge on any atom is 0.419 e. The number of carbonyl (C=O) groups is 2. The van der Waals surface area contributed by atoms with E-state index in [9.17, 15) is 22.8 Å². The molecule has 1 rings (SSSR count). The summed E-state index contributed by atoms with van der Waals surface area (Å²) in [5, 5.41) is 1.31. The van der Waals surface area contributed by atoms with Gasteiger partial charge in [-0.2, -0.15) is 13.2 Å². The average molecular weight is 169 g/mol. The summed E-state index contributed by atoms with van der Waals surface area (Å²) in [7, 11) is 0. The first-order chi connectivity index (χ1) is 4.91. The van der Waals surface area contributed by atoms with E-state index >= 15 is 0 Å². The second kappa shape index (κ2) is 2.11. The van der Waals surface area contributed by atoms with Crippen molar-refractivity contribution in [3.8, 4) is 0 Å². The maximum absolute atomic E-state index is 11.7. The van der Waals surface area contributed by atoms with E-state index in [-0.39, 0.29) is 0 Å². The van der Waals surface area contributed by atoms with Crippen LogP contribution in [0, 0.1) is 0 Å². The summed E-state index contributed by atoms with van der Waals surface area (Å²) in [4.78, 5) is 20.3. The van der Waals surface area contributed by atoms with Crippen molar-refractivity contribution in [2.24, 2.45) is 0 Å². The van der Waals surface area contributed by atoms with Crippen molar-refractivity contribution < 1.29 is 27.5 Å². The Bertz CT molecular complexity index is 211. The van der Waals surface area contributed by atoms with Crippen LogP contribution in [0.25, 0.3) is 0 Å². The highest BCUT2D eigenvalue weighted by Gasteiger charge is 2.51. The molecule has 1 N–H and O–H groups in total. The summed E-state index contributed by atoms with van der Waals surface area (Å²) < 4.78 is 38.6. The van der Waals surface area contributed by atoms with Gasteiger partial charge in [0, 0.05) is 0 Å². The molecule has 1 amide bonds. The number of hydrogen-bond acceptors (Lipinski definition) is 3. The molecule has 4 nitrogen and oxygen atoms in total. The largest absolute Gasteiger partial charge is 0.419 e. The van der Waals surface area contributed by atoms with Crippen LogP contribution < -0.4 is 5.32 Å². The SMILES string of the molecule is O=C1NC(C(F)(F)F)C(=O)O1. The van der Waals surface area contributed by atoms with E-state index in [0.29, 0.717) is 0 Å². The lowest BCUT2D eigenvalue weighted by Crippen LogP contribution is -2.42. The normalized spacial score (nSPS) is 24.8. The van der Waals surface area contributed by atoms with Crippen molar-refractivity contribution in [3.05, 3.63) is 0 Å². The summed E-state index contributed by atoms with van der Waals surface area (Å²) in [5.41, 5.74) is 0. The van der Waals surface area contributed by atoms with Crippen LogP contribution in [0.2, 0.25) is 0 Å². The number of ether oxygens (including phenoxy) is 1. The van der Waals surface area contributed by atoms with Gasteiger partial charge in [-0.15, -0.1) is 0 Å². The molecule has 11 heavy (non-hydrogen) atoms. The Morgan fingerprint density at radius 2 is 1.91 bits per heavy atom. The number of cyclic esters (lactones) is 2. The predicted molar refractivity (Wildman–Crippen MR) is 24.5 cm³/mol. The minimum Gasteiger partial charge on any atom is -0.374 e. The molecule has 1 aliphatic heterocycles. The third-order valence-corrected chi connectivity index (χ3v) is 1.02. The number of amides is 1. The van der Waals surface area contributed by atoms with E-state index in [0.717, 1.165) is 0 Å².